The van der Waals surface area contributed by atoms with Gasteiger partial charge in [-0.2, -0.15) is 5.10 Å². The minimum absolute atomic E-state index is 0.000890. The van der Waals surface area contributed by atoms with Gasteiger partial charge in [0.2, 0.25) is 0 Å². The zero-order valence-electron chi connectivity index (χ0n) is 14.8. The summed E-state index contributed by atoms with van der Waals surface area (Å²) >= 11 is 7.35. The van der Waals surface area contributed by atoms with Gasteiger partial charge in [-0.1, -0.05) is 29.4 Å². The Morgan fingerprint density at radius 1 is 1.33 bits per heavy atom. The molecule has 0 saturated heterocycles. The van der Waals surface area contributed by atoms with Crippen LogP contribution in [-0.2, 0) is 19.3 Å². The van der Waals surface area contributed by atoms with Crippen molar-refractivity contribution in [2.24, 2.45) is 7.05 Å². The van der Waals surface area contributed by atoms with E-state index in [1.165, 1.54) is 22.5 Å². The normalized spacial score (nSPS) is 11.1. The average molecular weight is 411 g/mol. The van der Waals surface area contributed by atoms with Crippen molar-refractivity contribution in [1.82, 2.24) is 24.5 Å². The SMILES string of the molecule is Cc1nn(Cc2nnc(SCc3c(F)cccc3Cl)n2C)c(C)c1[N+](=O)[O-]. The molecule has 0 atom stereocenters. The van der Waals surface area contributed by atoms with Gasteiger partial charge < -0.3 is 4.57 Å². The molecule has 3 rings (SSSR count). The molecule has 0 bridgehead atoms. The highest BCUT2D eigenvalue weighted by Gasteiger charge is 2.23. The highest BCUT2D eigenvalue weighted by Crippen LogP contribution is 2.28. The molecule has 2 heterocycles. The van der Waals surface area contributed by atoms with Crippen molar-refractivity contribution in [2.75, 3.05) is 0 Å². The summed E-state index contributed by atoms with van der Waals surface area (Å²) in [7, 11) is 1.78. The van der Waals surface area contributed by atoms with E-state index in [4.69, 9.17) is 11.6 Å². The Bertz CT molecular complexity index is 999. The Balaban J connectivity index is 1.78. The largest absolute Gasteiger partial charge is 0.312 e. The second-order valence-corrected chi connectivity index (χ2v) is 7.23. The number of hydrogen-bond donors (Lipinski definition) is 0. The number of aromatic nitrogens is 5. The lowest BCUT2D eigenvalue weighted by Crippen LogP contribution is -2.09. The van der Waals surface area contributed by atoms with Crippen LogP contribution in [0.25, 0.3) is 0 Å². The lowest BCUT2D eigenvalue weighted by Gasteiger charge is -2.07. The van der Waals surface area contributed by atoms with E-state index in [0.29, 0.717) is 38.7 Å². The van der Waals surface area contributed by atoms with Crippen molar-refractivity contribution < 1.29 is 9.31 Å². The van der Waals surface area contributed by atoms with E-state index in [2.05, 4.69) is 15.3 Å². The van der Waals surface area contributed by atoms with E-state index in [-0.39, 0.29) is 18.0 Å². The minimum Gasteiger partial charge on any atom is -0.308 e. The van der Waals surface area contributed by atoms with E-state index in [1.807, 2.05) is 0 Å². The number of thioether (sulfide) groups is 1. The molecule has 3 aromatic rings. The Hall–Kier alpha value is -2.46. The third-order valence-corrected chi connectivity index (χ3v) is 5.55. The fourth-order valence-corrected chi connectivity index (χ4v) is 3.93. The van der Waals surface area contributed by atoms with Gasteiger partial charge in [0.25, 0.3) is 0 Å². The second-order valence-electron chi connectivity index (χ2n) is 5.88. The summed E-state index contributed by atoms with van der Waals surface area (Å²) in [5.74, 6) is 0.521. The molecule has 27 heavy (non-hydrogen) atoms. The van der Waals surface area contributed by atoms with Crippen LogP contribution >= 0.6 is 23.4 Å². The maximum Gasteiger partial charge on any atom is 0.312 e. The fourth-order valence-electron chi connectivity index (χ4n) is 2.65. The van der Waals surface area contributed by atoms with Gasteiger partial charge in [-0.3, -0.25) is 14.8 Å². The highest BCUT2D eigenvalue weighted by molar-refractivity contribution is 7.98. The van der Waals surface area contributed by atoms with Crippen LogP contribution in [0.15, 0.2) is 23.4 Å². The lowest BCUT2D eigenvalue weighted by atomic mass is 10.2. The summed E-state index contributed by atoms with van der Waals surface area (Å²) in [6.07, 6.45) is 0. The van der Waals surface area contributed by atoms with E-state index in [9.17, 15) is 14.5 Å². The van der Waals surface area contributed by atoms with E-state index >= 15 is 0 Å². The molecule has 0 aliphatic heterocycles. The van der Waals surface area contributed by atoms with Gasteiger partial charge in [0.15, 0.2) is 11.0 Å². The average Bonchev–Trinajstić information content (AvgIpc) is 3.07. The van der Waals surface area contributed by atoms with Crippen LogP contribution in [0.4, 0.5) is 10.1 Å². The molecule has 0 spiro atoms. The summed E-state index contributed by atoms with van der Waals surface area (Å²) < 4.78 is 17.2. The van der Waals surface area contributed by atoms with Crippen molar-refractivity contribution in [3.05, 3.63) is 61.9 Å². The zero-order chi connectivity index (χ0) is 19.7. The van der Waals surface area contributed by atoms with Crippen LogP contribution in [0.1, 0.15) is 22.8 Å². The standard InChI is InChI=1S/C16H16ClFN6O2S/c1-9-15(24(25)26)10(2)23(21-9)7-14-19-20-16(22(14)3)27-8-11-12(17)5-4-6-13(11)18/h4-6H,7-8H2,1-3H3. The Morgan fingerprint density at radius 3 is 2.70 bits per heavy atom. The molecule has 0 unspecified atom stereocenters. The monoisotopic (exact) mass is 410 g/mol. The number of hydrogen-bond acceptors (Lipinski definition) is 6. The van der Waals surface area contributed by atoms with Crippen LogP contribution in [0, 0.1) is 29.8 Å². The van der Waals surface area contributed by atoms with E-state index < -0.39 is 4.92 Å². The summed E-state index contributed by atoms with van der Waals surface area (Å²) in [4.78, 5) is 10.7. The molecule has 0 fully saturated rings. The van der Waals surface area contributed by atoms with Gasteiger partial charge >= 0.3 is 5.69 Å². The van der Waals surface area contributed by atoms with Gasteiger partial charge in [0.1, 0.15) is 23.7 Å². The number of nitro groups is 1. The third-order valence-electron chi connectivity index (χ3n) is 4.15. The van der Waals surface area contributed by atoms with Crippen molar-refractivity contribution in [2.45, 2.75) is 31.3 Å². The van der Waals surface area contributed by atoms with Gasteiger partial charge in [-0.05, 0) is 26.0 Å². The molecule has 8 nitrogen and oxygen atoms in total. The maximum absolute atomic E-state index is 13.9. The number of halogens is 2. The first-order chi connectivity index (χ1) is 12.8. The molecule has 0 radical (unpaired) electrons. The zero-order valence-corrected chi connectivity index (χ0v) is 16.4. The van der Waals surface area contributed by atoms with Crippen LogP contribution in [0.2, 0.25) is 5.02 Å². The molecule has 11 heteroatoms. The topological polar surface area (TPSA) is 91.7 Å². The molecule has 2 aromatic heterocycles. The minimum atomic E-state index is -0.440. The van der Waals surface area contributed by atoms with E-state index in [1.54, 1.807) is 37.6 Å². The predicted molar refractivity (Wildman–Crippen MR) is 99.4 cm³/mol. The van der Waals surface area contributed by atoms with E-state index in [0.717, 1.165) is 0 Å². The van der Waals surface area contributed by atoms with Crippen molar-refractivity contribution >= 4 is 29.1 Å². The number of benzene rings is 1. The first kappa shape index (κ1) is 19.3. The smallest absolute Gasteiger partial charge is 0.308 e. The number of rotatable bonds is 6. The molecule has 0 saturated carbocycles. The second kappa shape index (κ2) is 7.65. The first-order valence-corrected chi connectivity index (χ1v) is 9.28. The Labute approximate surface area is 163 Å². The summed E-state index contributed by atoms with van der Waals surface area (Å²) in [6.45, 7) is 3.48. The molecule has 0 aliphatic rings. The summed E-state index contributed by atoms with van der Waals surface area (Å²) in [5, 5.41) is 24.5. The number of aryl methyl sites for hydroxylation is 1. The molecule has 0 aliphatic carbocycles. The quantitative estimate of drug-likeness (QED) is 0.350. The molecule has 0 amide bonds. The summed E-state index contributed by atoms with van der Waals surface area (Å²) in [5.41, 5.74) is 1.21. The molecule has 142 valence electrons. The molecule has 1 aromatic carbocycles. The Morgan fingerprint density at radius 2 is 2.07 bits per heavy atom. The molecular formula is C16H16ClFN6O2S. The summed E-state index contributed by atoms with van der Waals surface area (Å²) in [6, 6.07) is 4.55. The van der Waals surface area contributed by atoms with Gasteiger partial charge in [0.05, 0.1) is 4.92 Å². The molecular weight excluding hydrogens is 395 g/mol. The third kappa shape index (κ3) is 3.81. The molecule has 0 N–H and O–H groups in total. The van der Waals surface area contributed by atoms with Crippen molar-refractivity contribution in [3.8, 4) is 0 Å². The first-order valence-electron chi connectivity index (χ1n) is 7.92. The highest BCUT2D eigenvalue weighted by atomic mass is 35.5. The fraction of sp³-hybridized carbons (Fsp3) is 0.312. The maximum atomic E-state index is 13.9. The van der Waals surface area contributed by atoms with Crippen molar-refractivity contribution in [1.29, 1.82) is 0 Å². The Kier molecular flexibility index (Phi) is 5.47. The van der Waals surface area contributed by atoms with Gasteiger partial charge in [-0.25, -0.2) is 4.39 Å². The predicted octanol–water partition coefficient (Wildman–Crippen LogP) is 3.67. The van der Waals surface area contributed by atoms with Crippen LogP contribution in [0.3, 0.4) is 0 Å². The van der Waals surface area contributed by atoms with Gasteiger partial charge in [0, 0.05) is 23.4 Å². The van der Waals surface area contributed by atoms with Gasteiger partial charge in [-0.15, -0.1) is 10.2 Å². The lowest BCUT2D eigenvalue weighted by molar-refractivity contribution is -0.386. The number of nitrogens with zero attached hydrogens (tertiary/aromatic N) is 6. The van der Waals surface area contributed by atoms with Crippen LogP contribution < -0.4 is 0 Å². The van der Waals surface area contributed by atoms with Crippen LogP contribution in [0.5, 0.6) is 0 Å². The van der Waals surface area contributed by atoms with Crippen LogP contribution in [-0.4, -0.2) is 29.5 Å². The van der Waals surface area contributed by atoms with Crippen molar-refractivity contribution in [3.63, 3.8) is 0 Å².